The number of para-hydroxylation sites is 1. The maximum atomic E-state index is 13.5. The standard InChI is InChI=1S/C28H35N3O2/c32-27(29-23-15-17-30(18-16-23)20-21-8-2-1-3-9-21)24-11-5-6-12-25(24)28(33)31-19-14-22-10-4-7-13-26(22)31/h1-4,7-10,13,23-25H,5-6,11-12,14-20H2,(H,29,32)/t24-,25-/m1/s1. The van der Waals surface area contributed by atoms with Gasteiger partial charge in [0.15, 0.2) is 0 Å². The number of benzene rings is 2. The van der Waals surface area contributed by atoms with E-state index in [2.05, 4.69) is 46.6 Å². The monoisotopic (exact) mass is 445 g/mol. The molecule has 5 rings (SSSR count). The lowest BCUT2D eigenvalue weighted by Crippen LogP contribution is -2.50. The molecule has 1 saturated heterocycles. The van der Waals surface area contributed by atoms with Crippen molar-refractivity contribution in [2.24, 2.45) is 11.8 Å². The van der Waals surface area contributed by atoms with Gasteiger partial charge >= 0.3 is 0 Å². The van der Waals surface area contributed by atoms with Crippen molar-refractivity contribution in [1.29, 1.82) is 0 Å². The maximum absolute atomic E-state index is 13.5. The fraction of sp³-hybridized carbons (Fsp3) is 0.500. The lowest BCUT2D eigenvalue weighted by atomic mass is 9.77. The Morgan fingerprint density at radius 2 is 1.52 bits per heavy atom. The molecule has 5 nitrogen and oxygen atoms in total. The lowest BCUT2D eigenvalue weighted by Gasteiger charge is -2.36. The lowest BCUT2D eigenvalue weighted by molar-refractivity contribution is -0.135. The molecular weight excluding hydrogens is 410 g/mol. The molecule has 2 aliphatic heterocycles. The second kappa shape index (κ2) is 10.1. The van der Waals surface area contributed by atoms with Crippen molar-refractivity contribution in [3.63, 3.8) is 0 Å². The van der Waals surface area contributed by atoms with Gasteiger partial charge < -0.3 is 10.2 Å². The molecule has 2 aromatic rings. The zero-order valence-corrected chi connectivity index (χ0v) is 19.4. The molecule has 5 heteroatoms. The van der Waals surface area contributed by atoms with E-state index >= 15 is 0 Å². The summed E-state index contributed by atoms with van der Waals surface area (Å²) in [5.41, 5.74) is 3.62. The van der Waals surface area contributed by atoms with E-state index in [1.165, 1.54) is 11.1 Å². The summed E-state index contributed by atoms with van der Waals surface area (Å²) in [5, 5.41) is 3.33. The van der Waals surface area contributed by atoms with Gasteiger partial charge in [0.2, 0.25) is 11.8 Å². The van der Waals surface area contributed by atoms with Crippen LogP contribution < -0.4 is 10.2 Å². The average Bonchev–Trinajstić information content (AvgIpc) is 3.30. The Morgan fingerprint density at radius 3 is 2.30 bits per heavy atom. The van der Waals surface area contributed by atoms with Gasteiger partial charge in [-0.1, -0.05) is 61.4 Å². The minimum absolute atomic E-state index is 0.0991. The second-order valence-corrected chi connectivity index (χ2v) is 9.91. The first-order valence-electron chi connectivity index (χ1n) is 12.6. The summed E-state index contributed by atoms with van der Waals surface area (Å²) >= 11 is 0. The number of hydrogen-bond donors (Lipinski definition) is 1. The highest BCUT2D eigenvalue weighted by molar-refractivity contribution is 5.99. The highest BCUT2D eigenvalue weighted by Crippen LogP contribution is 2.36. The molecule has 2 amide bonds. The van der Waals surface area contributed by atoms with Crippen molar-refractivity contribution in [2.75, 3.05) is 24.5 Å². The Balaban J connectivity index is 1.17. The predicted octanol–water partition coefficient (Wildman–Crippen LogP) is 4.16. The third kappa shape index (κ3) is 4.98. The summed E-state index contributed by atoms with van der Waals surface area (Å²) in [4.78, 5) is 31.3. The number of carbonyl (C=O) groups is 2. The number of rotatable bonds is 5. The number of anilines is 1. The summed E-state index contributed by atoms with van der Waals surface area (Å²) in [6, 6.07) is 19.0. The Bertz CT molecular complexity index is 968. The molecule has 1 N–H and O–H groups in total. The third-order valence-corrected chi connectivity index (χ3v) is 7.76. The Hall–Kier alpha value is -2.66. The van der Waals surface area contributed by atoms with Gasteiger partial charge in [-0.05, 0) is 49.3 Å². The van der Waals surface area contributed by atoms with Crippen LogP contribution in [-0.2, 0) is 22.6 Å². The molecule has 0 aromatic heterocycles. The van der Waals surface area contributed by atoms with Crippen LogP contribution >= 0.6 is 0 Å². The number of hydrogen-bond acceptors (Lipinski definition) is 3. The van der Waals surface area contributed by atoms with Gasteiger partial charge in [-0.2, -0.15) is 0 Å². The number of fused-ring (bicyclic) bond motifs is 1. The smallest absolute Gasteiger partial charge is 0.230 e. The van der Waals surface area contributed by atoms with E-state index in [-0.39, 0.29) is 29.7 Å². The first kappa shape index (κ1) is 22.1. The van der Waals surface area contributed by atoms with E-state index in [0.29, 0.717) is 0 Å². The van der Waals surface area contributed by atoms with Crippen LogP contribution in [0.15, 0.2) is 54.6 Å². The third-order valence-electron chi connectivity index (χ3n) is 7.76. The normalized spacial score (nSPS) is 23.8. The summed E-state index contributed by atoms with van der Waals surface area (Å²) < 4.78 is 0. The van der Waals surface area contributed by atoms with Gasteiger partial charge in [0, 0.05) is 43.8 Å². The van der Waals surface area contributed by atoms with Crippen molar-refractivity contribution in [3.8, 4) is 0 Å². The molecule has 2 fully saturated rings. The van der Waals surface area contributed by atoms with Crippen LogP contribution in [0.3, 0.4) is 0 Å². The number of nitrogens with zero attached hydrogens (tertiary/aromatic N) is 2. The van der Waals surface area contributed by atoms with Crippen LogP contribution in [0.25, 0.3) is 0 Å². The largest absolute Gasteiger partial charge is 0.353 e. The van der Waals surface area contributed by atoms with Crippen LogP contribution in [-0.4, -0.2) is 42.4 Å². The molecule has 1 saturated carbocycles. The molecule has 0 bridgehead atoms. The molecule has 2 atom stereocenters. The van der Waals surface area contributed by atoms with E-state index in [1.54, 1.807) is 0 Å². The first-order valence-corrected chi connectivity index (χ1v) is 12.6. The van der Waals surface area contributed by atoms with Crippen molar-refractivity contribution in [3.05, 3.63) is 65.7 Å². The van der Waals surface area contributed by atoms with Gasteiger partial charge in [0.05, 0.1) is 5.92 Å². The fourth-order valence-corrected chi connectivity index (χ4v) is 5.89. The number of piperidine rings is 1. The molecule has 0 spiro atoms. The number of likely N-dealkylation sites (tertiary alicyclic amines) is 1. The summed E-state index contributed by atoms with van der Waals surface area (Å²) in [6.45, 7) is 3.70. The van der Waals surface area contributed by atoms with Crippen molar-refractivity contribution < 1.29 is 9.59 Å². The van der Waals surface area contributed by atoms with Gasteiger partial charge in [0.1, 0.15) is 0 Å². The van der Waals surface area contributed by atoms with Gasteiger partial charge in [-0.25, -0.2) is 0 Å². The highest BCUT2D eigenvalue weighted by atomic mass is 16.2. The molecule has 2 aromatic carbocycles. The topological polar surface area (TPSA) is 52.7 Å². The average molecular weight is 446 g/mol. The molecule has 3 aliphatic rings. The van der Waals surface area contributed by atoms with Gasteiger partial charge in [0.25, 0.3) is 0 Å². The minimum Gasteiger partial charge on any atom is -0.353 e. The highest BCUT2D eigenvalue weighted by Gasteiger charge is 2.40. The molecule has 33 heavy (non-hydrogen) atoms. The van der Waals surface area contributed by atoms with Crippen molar-refractivity contribution in [2.45, 2.75) is 57.5 Å². The quantitative estimate of drug-likeness (QED) is 0.752. The van der Waals surface area contributed by atoms with Crippen LogP contribution in [0.2, 0.25) is 0 Å². The minimum atomic E-state index is -0.193. The van der Waals surface area contributed by atoms with Crippen LogP contribution in [0.1, 0.15) is 49.7 Å². The van der Waals surface area contributed by atoms with Crippen molar-refractivity contribution >= 4 is 17.5 Å². The van der Waals surface area contributed by atoms with E-state index in [1.807, 2.05) is 23.1 Å². The molecular formula is C28H35N3O2. The number of nitrogens with one attached hydrogen (secondary N) is 1. The van der Waals surface area contributed by atoms with E-state index in [0.717, 1.165) is 76.8 Å². The first-order chi connectivity index (χ1) is 16.2. The molecule has 0 radical (unpaired) electrons. The number of amides is 2. The predicted molar refractivity (Wildman–Crippen MR) is 131 cm³/mol. The zero-order chi connectivity index (χ0) is 22.6. The Morgan fingerprint density at radius 1 is 0.818 bits per heavy atom. The maximum Gasteiger partial charge on any atom is 0.230 e. The summed E-state index contributed by atoms with van der Waals surface area (Å²) in [7, 11) is 0. The molecule has 2 heterocycles. The van der Waals surface area contributed by atoms with Crippen molar-refractivity contribution in [1.82, 2.24) is 10.2 Å². The Kier molecular flexibility index (Phi) is 6.77. The molecule has 0 unspecified atom stereocenters. The second-order valence-electron chi connectivity index (χ2n) is 9.91. The SMILES string of the molecule is O=C(NC1CCN(Cc2ccccc2)CC1)[C@@H]1CCCC[C@H]1C(=O)N1CCc2ccccc21. The summed E-state index contributed by atoms with van der Waals surface area (Å²) in [6.07, 6.45) is 6.58. The number of carbonyl (C=O) groups excluding carboxylic acids is 2. The van der Waals surface area contributed by atoms with E-state index in [4.69, 9.17) is 0 Å². The van der Waals surface area contributed by atoms with Gasteiger partial charge in [-0.15, -0.1) is 0 Å². The molecule has 174 valence electrons. The van der Waals surface area contributed by atoms with E-state index in [9.17, 15) is 9.59 Å². The van der Waals surface area contributed by atoms with Gasteiger partial charge in [-0.3, -0.25) is 14.5 Å². The summed E-state index contributed by atoms with van der Waals surface area (Å²) in [5.74, 6) is -0.135. The van der Waals surface area contributed by atoms with Crippen LogP contribution in [0.5, 0.6) is 0 Å². The zero-order valence-electron chi connectivity index (χ0n) is 19.4. The molecule has 1 aliphatic carbocycles. The van der Waals surface area contributed by atoms with Crippen LogP contribution in [0, 0.1) is 11.8 Å². The van der Waals surface area contributed by atoms with Crippen LogP contribution in [0.4, 0.5) is 5.69 Å². The Labute approximate surface area is 197 Å². The fourth-order valence-electron chi connectivity index (χ4n) is 5.89. The van der Waals surface area contributed by atoms with E-state index < -0.39 is 0 Å².